The first kappa shape index (κ1) is 12.9. The molecule has 2 rings (SSSR count). The van der Waals surface area contributed by atoms with Crippen LogP contribution in [0.2, 0.25) is 0 Å². The summed E-state index contributed by atoms with van der Waals surface area (Å²) in [7, 11) is 0. The molecule has 0 saturated carbocycles. The zero-order chi connectivity index (χ0) is 12.3. The zero-order valence-electron chi connectivity index (χ0n) is 10.6. The summed E-state index contributed by atoms with van der Waals surface area (Å²) in [5.41, 5.74) is 3.86. The molecule has 0 aliphatic carbocycles. The zero-order valence-corrected chi connectivity index (χ0v) is 11.3. The number of nitrogens with zero attached hydrogens (tertiary/aromatic N) is 1. The Morgan fingerprint density at radius 2 is 1.94 bits per heavy atom. The second-order valence-corrected chi connectivity index (χ2v) is 5.25. The molecule has 0 radical (unpaired) electrons. The molecule has 1 saturated heterocycles. The number of benzene rings is 1. The van der Waals surface area contributed by atoms with Crippen molar-refractivity contribution in [1.29, 1.82) is 0 Å². The number of ether oxygens (including phenoxy) is 1. The molecule has 1 atom stereocenters. The van der Waals surface area contributed by atoms with Crippen LogP contribution in [0.1, 0.15) is 22.1 Å². The van der Waals surface area contributed by atoms with Crippen LogP contribution in [0.4, 0.5) is 0 Å². The minimum atomic E-state index is 0.0763. The standard InChI is InChI=1S/C14H20ClNO/c1-11-3-4-13(9-12(11)2)14(15)10-16-5-7-17-8-6-16/h3-4,9,14H,5-8,10H2,1-2H3. The van der Waals surface area contributed by atoms with Crippen LogP contribution < -0.4 is 0 Å². The molecule has 3 heteroatoms. The third-order valence-corrected chi connectivity index (χ3v) is 3.80. The van der Waals surface area contributed by atoms with Crippen LogP contribution in [-0.4, -0.2) is 37.7 Å². The third-order valence-electron chi connectivity index (χ3n) is 3.41. The van der Waals surface area contributed by atoms with Gasteiger partial charge in [0.1, 0.15) is 0 Å². The Labute approximate surface area is 109 Å². The van der Waals surface area contributed by atoms with Crippen LogP contribution in [-0.2, 0) is 4.74 Å². The second-order valence-electron chi connectivity index (χ2n) is 4.72. The van der Waals surface area contributed by atoms with Gasteiger partial charge in [0.15, 0.2) is 0 Å². The van der Waals surface area contributed by atoms with Gasteiger partial charge in [-0.05, 0) is 30.5 Å². The molecule has 0 spiro atoms. The van der Waals surface area contributed by atoms with Crippen molar-refractivity contribution in [3.8, 4) is 0 Å². The van der Waals surface area contributed by atoms with Gasteiger partial charge in [0.05, 0.1) is 18.6 Å². The Hall–Kier alpha value is -0.570. The van der Waals surface area contributed by atoms with Crippen molar-refractivity contribution in [1.82, 2.24) is 4.90 Å². The molecule has 1 aromatic rings. The molecule has 2 nitrogen and oxygen atoms in total. The summed E-state index contributed by atoms with van der Waals surface area (Å²) in [4.78, 5) is 2.37. The van der Waals surface area contributed by atoms with Gasteiger partial charge in [-0.2, -0.15) is 0 Å². The Kier molecular flexibility index (Phi) is 4.43. The molecule has 1 aromatic carbocycles. The Morgan fingerprint density at radius 1 is 1.24 bits per heavy atom. The van der Waals surface area contributed by atoms with E-state index in [1.165, 1.54) is 16.7 Å². The molecule has 1 aliphatic heterocycles. The average Bonchev–Trinajstić information content (AvgIpc) is 2.34. The highest BCUT2D eigenvalue weighted by Crippen LogP contribution is 2.24. The van der Waals surface area contributed by atoms with Crippen molar-refractivity contribution in [3.05, 3.63) is 34.9 Å². The fourth-order valence-electron chi connectivity index (χ4n) is 2.08. The molecule has 1 heterocycles. The lowest BCUT2D eigenvalue weighted by molar-refractivity contribution is 0.0378. The van der Waals surface area contributed by atoms with Gasteiger partial charge >= 0.3 is 0 Å². The first-order valence-electron chi connectivity index (χ1n) is 6.18. The van der Waals surface area contributed by atoms with Crippen molar-refractivity contribution in [2.45, 2.75) is 19.2 Å². The maximum Gasteiger partial charge on any atom is 0.0712 e. The SMILES string of the molecule is Cc1ccc(C(Cl)CN2CCOCC2)cc1C. The van der Waals surface area contributed by atoms with Crippen molar-refractivity contribution in [2.24, 2.45) is 0 Å². The minimum Gasteiger partial charge on any atom is -0.379 e. The van der Waals surface area contributed by atoms with E-state index in [9.17, 15) is 0 Å². The third kappa shape index (κ3) is 3.44. The Bertz CT molecular complexity index is 374. The van der Waals surface area contributed by atoms with E-state index in [4.69, 9.17) is 16.3 Å². The van der Waals surface area contributed by atoms with Crippen molar-refractivity contribution in [3.63, 3.8) is 0 Å². The first-order chi connectivity index (χ1) is 8.16. The number of morpholine rings is 1. The molecular formula is C14H20ClNO. The summed E-state index contributed by atoms with van der Waals surface area (Å²) < 4.78 is 5.34. The number of aryl methyl sites for hydroxylation is 2. The second kappa shape index (κ2) is 5.85. The topological polar surface area (TPSA) is 12.5 Å². The van der Waals surface area contributed by atoms with Gasteiger partial charge < -0.3 is 4.74 Å². The van der Waals surface area contributed by atoms with Crippen molar-refractivity contribution < 1.29 is 4.74 Å². The van der Waals surface area contributed by atoms with Gasteiger partial charge in [-0.3, -0.25) is 4.90 Å². The van der Waals surface area contributed by atoms with Gasteiger partial charge in [0.25, 0.3) is 0 Å². The quantitative estimate of drug-likeness (QED) is 0.768. The first-order valence-corrected chi connectivity index (χ1v) is 6.62. The number of hydrogen-bond donors (Lipinski definition) is 0. The molecule has 0 bridgehead atoms. The van der Waals surface area contributed by atoms with Gasteiger partial charge in [-0.25, -0.2) is 0 Å². The van der Waals surface area contributed by atoms with E-state index < -0.39 is 0 Å². The molecule has 0 aromatic heterocycles. The number of halogens is 1. The van der Waals surface area contributed by atoms with Gasteiger partial charge in [0.2, 0.25) is 0 Å². The minimum absolute atomic E-state index is 0.0763. The number of hydrogen-bond acceptors (Lipinski definition) is 2. The van der Waals surface area contributed by atoms with Crippen LogP contribution in [0.25, 0.3) is 0 Å². The normalized spacial score (nSPS) is 19.2. The smallest absolute Gasteiger partial charge is 0.0712 e. The predicted octanol–water partition coefficient (Wildman–Crippen LogP) is 2.92. The highest BCUT2D eigenvalue weighted by Gasteiger charge is 2.16. The van der Waals surface area contributed by atoms with Gasteiger partial charge in [-0.15, -0.1) is 11.6 Å². The molecule has 1 aliphatic rings. The lowest BCUT2D eigenvalue weighted by Gasteiger charge is -2.28. The van der Waals surface area contributed by atoms with Crippen LogP contribution in [0, 0.1) is 13.8 Å². The number of rotatable bonds is 3. The van der Waals surface area contributed by atoms with E-state index in [2.05, 4.69) is 36.9 Å². The lowest BCUT2D eigenvalue weighted by Crippen LogP contribution is -2.38. The van der Waals surface area contributed by atoms with Crippen molar-refractivity contribution >= 4 is 11.6 Å². The fourth-order valence-corrected chi connectivity index (χ4v) is 2.41. The van der Waals surface area contributed by atoms with Crippen LogP contribution in [0.15, 0.2) is 18.2 Å². The molecular weight excluding hydrogens is 234 g/mol. The highest BCUT2D eigenvalue weighted by atomic mass is 35.5. The van der Waals surface area contributed by atoms with E-state index in [-0.39, 0.29) is 5.38 Å². The predicted molar refractivity (Wildman–Crippen MR) is 71.8 cm³/mol. The maximum atomic E-state index is 6.48. The van der Waals surface area contributed by atoms with E-state index >= 15 is 0 Å². The summed E-state index contributed by atoms with van der Waals surface area (Å²) in [5, 5.41) is 0.0763. The molecule has 1 fully saturated rings. The van der Waals surface area contributed by atoms with Crippen molar-refractivity contribution in [2.75, 3.05) is 32.8 Å². The monoisotopic (exact) mass is 253 g/mol. The summed E-state index contributed by atoms with van der Waals surface area (Å²) in [6, 6.07) is 6.49. The summed E-state index contributed by atoms with van der Waals surface area (Å²) in [5.74, 6) is 0. The highest BCUT2D eigenvalue weighted by molar-refractivity contribution is 6.21. The van der Waals surface area contributed by atoms with E-state index in [1.54, 1.807) is 0 Å². The summed E-state index contributed by atoms with van der Waals surface area (Å²) in [6.45, 7) is 8.82. The molecule has 1 unspecified atom stereocenters. The Balaban J connectivity index is 1.98. The Morgan fingerprint density at radius 3 is 2.59 bits per heavy atom. The van der Waals surface area contributed by atoms with E-state index in [0.29, 0.717) is 0 Å². The summed E-state index contributed by atoms with van der Waals surface area (Å²) in [6.07, 6.45) is 0. The molecule has 94 valence electrons. The van der Waals surface area contributed by atoms with E-state index in [1.807, 2.05) is 0 Å². The van der Waals surface area contributed by atoms with E-state index in [0.717, 1.165) is 32.8 Å². The summed E-state index contributed by atoms with van der Waals surface area (Å²) >= 11 is 6.48. The van der Waals surface area contributed by atoms with Gasteiger partial charge in [0, 0.05) is 19.6 Å². The van der Waals surface area contributed by atoms with Crippen LogP contribution in [0.5, 0.6) is 0 Å². The number of alkyl halides is 1. The average molecular weight is 254 g/mol. The molecule has 0 amide bonds. The lowest BCUT2D eigenvalue weighted by atomic mass is 10.0. The largest absolute Gasteiger partial charge is 0.379 e. The molecule has 0 N–H and O–H groups in total. The van der Waals surface area contributed by atoms with Crippen LogP contribution >= 0.6 is 11.6 Å². The molecule has 17 heavy (non-hydrogen) atoms. The fraction of sp³-hybridized carbons (Fsp3) is 0.571. The maximum absolute atomic E-state index is 6.48. The van der Waals surface area contributed by atoms with Gasteiger partial charge in [-0.1, -0.05) is 18.2 Å². The van der Waals surface area contributed by atoms with Crippen LogP contribution in [0.3, 0.4) is 0 Å².